The van der Waals surface area contributed by atoms with Gasteiger partial charge >= 0.3 is 6.18 Å². The van der Waals surface area contributed by atoms with Crippen molar-refractivity contribution in [3.05, 3.63) is 36.4 Å². The third kappa shape index (κ3) is 2.75. The van der Waals surface area contributed by atoms with Crippen LogP contribution in [0, 0.1) is 5.92 Å². The fraction of sp³-hybridized carbons (Fsp3) is 0.400. The van der Waals surface area contributed by atoms with Crippen molar-refractivity contribution in [1.82, 2.24) is 9.55 Å². The number of anilines is 1. The first-order valence-corrected chi connectivity index (χ1v) is 7.02. The zero-order chi connectivity index (χ0) is 15.7. The molecule has 1 aromatic carbocycles. The second kappa shape index (κ2) is 5.55. The summed E-state index contributed by atoms with van der Waals surface area (Å²) in [4.78, 5) is 3.80. The monoisotopic (exact) mass is 311 g/mol. The van der Waals surface area contributed by atoms with Crippen molar-refractivity contribution in [2.24, 2.45) is 5.92 Å². The topological polar surface area (TPSA) is 39.1 Å². The van der Waals surface area contributed by atoms with Gasteiger partial charge in [0, 0.05) is 25.2 Å². The lowest BCUT2D eigenvalue weighted by Crippen LogP contribution is -2.20. The van der Waals surface area contributed by atoms with Crippen LogP contribution in [0.5, 0.6) is 0 Å². The number of imidazole rings is 1. The van der Waals surface area contributed by atoms with Crippen molar-refractivity contribution >= 4 is 16.7 Å². The summed E-state index contributed by atoms with van der Waals surface area (Å²) in [5, 5.41) is 2.91. The Bertz CT molecular complexity index is 706. The van der Waals surface area contributed by atoms with Gasteiger partial charge in [0.25, 0.3) is 0 Å². The molecule has 1 unspecified atom stereocenters. The highest BCUT2D eigenvalue weighted by molar-refractivity contribution is 5.80. The van der Waals surface area contributed by atoms with Gasteiger partial charge in [-0.1, -0.05) is 0 Å². The number of hydrogen-bond acceptors (Lipinski definition) is 3. The van der Waals surface area contributed by atoms with Crippen molar-refractivity contribution in [2.75, 3.05) is 19.0 Å². The van der Waals surface area contributed by atoms with Crippen molar-refractivity contribution in [3.63, 3.8) is 0 Å². The predicted octanol–water partition coefficient (Wildman–Crippen LogP) is 3.65. The van der Waals surface area contributed by atoms with Gasteiger partial charge in [-0.15, -0.1) is 0 Å². The molecule has 7 heteroatoms. The van der Waals surface area contributed by atoms with E-state index in [1.165, 1.54) is 4.57 Å². The van der Waals surface area contributed by atoms with E-state index in [4.69, 9.17) is 4.74 Å². The molecule has 0 spiro atoms. The van der Waals surface area contributed by atoms with E-state index in [1.807, 2.05) is 0 Å². The Kier molecular flexibility index (Phi) is 3.72. The molecule has 1 aliphatic rings. The highest BCUT2D eigenvalue weighted by Crippen LogP contribution is 2.33. The molecule has 118 valence electrons. The standard InChI is InChI=1S/C15H16F3N3O/c1-19-11-2-3-13-12(8-11)20-14(15(16,17)18)21(13)9-10-4-6-22-7-5-10/h2-4,6,8,10,19H,5,7,9H2,1H3. The maximum Gasteiger partial charge on any atom is 0.449 e. The molecule has 2 aromatic rings. The third-order valence-corrected chi connectivity index (χ3v) is 3.76. The molecular weight excluding hydrogens is 295 g/mol. The number of allylic oxidation sites excluding steroid dienone is 1. The van der Waals surface area contributed by atoms with Crippen molar-refractivity contribution in [2.45, 2.75) is 19.1 Å². The summed E-state index contributed by atoms with van der Waals surface area (Å²) in [5.74, 6) is -0.841. The van der Waals surface area contributed by atoms with Crippen LogP contribution in [0.2, 0.25) is 0 Å². The minimum Gasteiger partial charge on any atom is -0.501 e. The number of nitrogens with zero attached hydrogens (tertiary/aromatic N) is 2. The molecule has 0 amide bonds. The van der Waals surface area contributed by atoms with Crippen LogP contribution in [0.3, 0.4) is 0 Å². The van der Waals surface area contributed by atoms with E-state index in [1.54, 1.807) is 37.6 Å². The average molecular weight is 311 g/mol. The average Bonchev–Trinajstić information content (AvgIpc) is 2.86. The minimum atomic E-state index is -4.48. The fourth-order valence-corrected chi connectivity index (χ4v) is 2.62. The van der Waals surface area contributed by atoms with Crippen LogP contribution >= 0.6 is 0 Å². The molecule has 1 atom stereocenters. The molecule has 0 bridgehead atoms. The minimum absolute atomic E-state index is 0.0104. The maximum absolute atomic E-state index is 13.3. The Morgan fingerprint density at radius 2 is 2.23 bits per heavy atom. The number of halogens is 3. The van der Waals surface area contributed by atoms with Crippen molar-refractivity contribution in [3.8, 4) is 0 Å². The summed E-state index contributed by atoms with van der Waals surface area (Å²) < 4.78 is 46.2. The van der Waals surface area contributed by atoms with Crippen LogP contribution in [0.4, 0.5) is 18.9 Å². The Labute approximate surface area is 125 Å². The van der Waals surface area contributed by atoms with Gasteiger partial charge in [0.05, 0.1) is 23.9 Å². The molecule has 22 heavy (non-hydrogen) atoms. The van der Waals surface area contributed by atoms with Crippen LogP contribution < -0.4 is 5.32 Å². The molecule has 2 heterocycles. The van der Waals surface area contributed by atoms with Crippen LogP contribution in [0.15, 0.2) is 30.5 Å². The molecule has 0 aliphatic carbocycles. The first kappa shape index (κ1) is 14.7. The highest BCUT2D eigenvalue weighted by atomic mass is 19.4. The summed E-state index contributed by atoms with van der Waals surface area (Å²) in [6, 6.07) is 5.05. The van der Waals surface area contributed by atoms with Crippen LogP contribution in [-0.4, -0.2) is 23.2 Å². The quantitative estimate of drug-likeness (QED) is 0.940. The van der Waals surface area contributed by atoms with E-state index >= 15 is 0 Å². The first-order valence-electron chi connectivity index (χ1n) is 7.02. The summed E-state index contributed by atoms with van der Waals surface area (Å²) >= 11 is 0. The molecule has 1 aromatic heterocycles. The SMILES string of the molecule is CNc1ccc2c(c1)nc(C(F)(F)F)n2CC1C=COCC1. The molecule has 0 fully saturated rings. The molecule has 0 radical (unpaired) electrons. The molecule has 0 saturated carbocycles. The van der Waals surface area contributed by atoms with E-state index in [9.17, 15) is 13.2 Å². The molecule has 4 nitrogen and oxygen atoms in total. The summed E-state index contributed by atoms with van der Waals surface area (Å²) in [5.41, 5.74) is 1.57. The number of nitrogens with one attached hydrogen (secondary N) is 1. The number of aromatic nitrogens is 2. The van der Waals surface area contributed by atoms with Gasteiger partial charge in [0.2, 0.25) is 5.82 Å². The smallest absolute Gasteiger partial charge is 0.449 e. The second-order valence-corrected chi connectivity index (χ2v) is 5.25. The number of rotatable bonds is 3. The Balaban J connectivity index is 2.08. The molecule has 3 rings (SSSR count). The largest absolute Gasteiger partial charge is 0.501 e. The number of fused-ring (bicyclic) bond motifs is 1. The van der Waals surface area contributed by atoms with Crippen molar-refractivity contribution in [1.29, 1.82) is 0 Å². The predicted molar refractivity (Wildman–Crippen MR) is 77.5 cm³/mol. The maximum atomic E-state index is 13.3. The van der Waals surface area contributed by atoms with E-state index in [0.717, 1.165) is 5.69 Å². The van der Waals surface area contributed by atoms with Crippen molar-refractivity contribution < 1.29 is 17.9 Å². The lowest BCUT2D eigenvalue weighted by molar-refractivity contribution is -0.147. The van der Waals surface area contributed by atoms with Gasteiger partial charge in [-0.05, 0) is 30.7 Å². The number of ether oxygens (including phenoxy) is 1. The summed E-state index contributed by atoms with van der Waals surface area (Å²) in [7, 11) is 1.72. The van der Waals surface area contributed by atoms with Gasteiger partial charge in [-0.2, -0.15) is 13.2 Å². The third-order valence-electron chi connectivity index (χ3n) is 3.76. The van der Waals surface area contributed by atoms with Gasteiger partial charge < -0.3 is 14.6 Å². The van der Waals surface area contributed by atoms with Gasteiger partial charge in [0.15, 0.2) is 0 Å². The number of hydrogen-bond donors (Lipinski definition) is 1. The lowest BCUT2D eigenvalue weighted by atomic mass is 10.0. The Morgan fingerprint density at radius 3 is 2.86 bits per heavy atom. The first-order chi connectivity index (χ1) is 10.5. The Hall–Kier alpha value is -2.18. The van der Waals surface area contributed by atoms with E-state index < -0.39 is 12.0 Å². The van der Waals surface area contributed by atoms with E-state index in [2.05, 4.69) is 10.3 Å². The number of alkyl halides is 3. The Morgan fingerprint density at radius 1 is 1.41 bits per heavy atom. The highest BCUT2D eigenvalue weighted by Gasteiger charge is 2.38. The fourth-order valence-electron chi connectivity index (χ4n) is 2.62. The van der Waals surface area contributed by atoms with Gasteiger partial charge in [0.1, 0.15) is 0 Å². The van der Waals surface area contributed by atoms with E-state index in [-0.39, 0.29) is 12.5 Å². The van der Waals surface area contributed by atoms with Crippen LogP contribution in [0.25, 0.3) is 11.0 Å². The number of benzene rings is 1. The van der Waals surface area contributed by atoms with Gasteiger partial charge in [-0.25, -0.2) is 4.98 Å². The molecular formula is C15H16F3N3O. The zero-order valence-corrected chi connectivity index (χ0v) is 12.0. The lowest BCUT2D eigenvalue weighted by Gasteiger charge is -2.19. The zero-order valence-electron chi connectivity index (χ0n) is 12.0. The molecule has 1 N–H and O–H groups in total. The van der Waals surface area contributed by atoms with Gasteiger partial charge in [-0.3, -0.25) is 0 Å². The summed E-state index contributed by atoms with van der Waals surface area (Å²) in [6.45, 7) is 0.767. The van der Waals surface area contributed by atoms with E-state index in [0.29, 0.717) is 24.1 Å². The second-order valence-electron chi connectivity index (χ2n) is 5.25. The van der Waals surface area contributed by atoms with Crippen LogP contribution in [-0.2, 0) is 17.5 Å². The molecule has 1 aliphatic heterocycles. The molecule has 0 saturated heterocycles. The summed E-state index contributed by atoms with van der Waals surface area (Å²) in [6.07, 6.45) is -0.424. The van der Waals surface area contributed by atoms with Crippen LogP contribution in [0.1, 0.15) is 12.2 Å². The normalized spacial score (nSPS) is 18.5.